The largest absolute Gasteiger partial charge is 0.222 e. The maximum atomic E-state index is 13.6. The maximum absolute atomic E-state index is 13.6. The first-order valence-electron chi connectivity index (χ1n) is 9.36. The van der Waals surface area contributed by atoms with Gasteiger partial charge in [0, 0.05) is 5.41 Å². The minimum atomic E-state index is -3.39. The van der Waals surface area contributed by atoms with Crippen LogP contribution in [0.5, 0.6) is 0 Å². The van der Waals surface area contributed by atoms with Crippen LogP contribution in [0.15, 0.2) is 77.7 Å². The van der Waals surface area contributed by atoms with Crippen LogP contribution in [0.1, 0.15) is 24.8 Å². The van der Waals surface area contributed by atoms with E-state index in [1.165, 1.54) is 28.1 Å². The van der Waals surface area contributed by atoms with Crippen molar-refractivity contribution in [1.29, 1.82) is 0 Å². The molecule has 0 radical (unpaired) electrons. The van der Waals surface area contributed by atoms with Crippen molar-refractivity contribution in [3.63, 3.8) is 0 Å². The predicted molar refractivity (Wildman–Crippen MR) is 113 cm³/mol. The van der Waals surface area contributed by atoms with Crippen LogP contribution in [-0.4, -0.2) is 18.8 Å². The molecule has 0 aromatic heterocycles. The van der Waals surface area contributed by atoms with Crippen LogP contribution >= 0.6 is 11.8 Å². The Labute approximate surface area is 164 Å². The number of fused-ring (bicyclic) bond motifs is 2. The minimum Gasteiger partial charge on any atom is -0.222 e. The van der Waals surface area contributed by atoms with Gasteiger partial charge in [0.25, 0.3) is 0 Å². The summed E-state index contributed by atoms with van der Waals surface area (Å²) in [6.07, 6.45) is 4.52. The van der Waals surface area contributed by atoms with Gasteiger partial charge in [-0.3, -0.25) is 0 Å². The first kappa shape index (κ1) is 17.3. The molecule has 2 nitrogen and oxygen atoms in total. The lowest BCUT2D eigenvalue weighted by Gasteiger charge is -2.30. The van der Waals surface area contributed by atoms with E-state index < -0.39 is 13.9 Å². The summed E-state index contributed by atoms with van der Waals surface area (Å²) in [7, 11) is -3.39. The molecule has 0 aliphatic heterocycles. The van der Waals surface area contributed by atoms with Gasteiger partial charge in [-0.1, -0.05) is 60.7 Å². The Kier molecular flexibility index (Phi) is 3.76. The topological polar surface area (TPSA) is 34.1 Å². The van der Waals surface area contributed by atoms with Gasteiger partial charge in [0.1, 0.15) is 4.08 Å². The van der Waals surface area contributed by atoms with Crippen LogP contribution in [0.2, 0.25) is 0 Å². The normalized spacial score (nSPS) is 29.6. The van der Waals surface area contributed by atoms with Gasteiger partial charge in [0.15, 0.2) is 9.84 Å². The zero-order valence-corrected chi connectivity index (χ0v) is 16.9. The SMILES string of the molecule is CSC1(S(=O)(=O)c2ccccc2)CC2C[C@]2(c2cccc3ccccc23)C1. The van der Waals surface area contributed by atoms with Gasteiger partial charge >= 0.3 is 0 Å². The van der Waals surface area contributed by atoms with Crippen molar-refractivity contribution in [2.24, 2.45) is 5.92 Å². The number of thioether (sulfide) groups is 1. The summed E-state index contributed by atoms with van der Waals surface area (Å²) < 4.78 is 26.4. The van der Waals surface area contributed by atoms with E-state index in [1.54, 1.807) is 12.1 Å². The Morgan fingerprint density at radius 3 is 2.37 bits per heavy atom. The average molecular weight is 395 g/mol. The highest BCUT2D eigenvalue weighted by Crippen LogP contribution is 2.72. The standard InChI is InChI=1S/C23H22O2S2/c1-26-23(27(24,25)19-10-3-2-4-11-19)15-18-14-22(18,16-23)21-13-7-9-17-8-5-6-12-20(17)21/h2-13,18H,14-16H2,1H3/t18?,22-,23?/m0/s1. The molecule has 0 heterocycles. The molecule has 5 rings (SSSR count). The van der Waals surface area contributed by atoms with E-state index in [4.69, 9.17) is 0 Å². The molecule has 2 unspecified atom stereocenters. The lowest BCUT2D eigenvalue weighted by molar-refractivity contribution is 0.550. The molecule has 0 N–H and O–H groups in total. The van der Waals surface area contributed by atoms with Crippen molar-refractivity contribution in [2.75, 3.05) is 6.26 Å². The fourth-order valence-corrected chi connectivity index (χ4v) is 8.91. The summed E-state index contributed by atoms with van der Waals surface area (Å²) >= 11 is 1.53. The van der Waals surface area contributed by atoms with E-state index in [0.29, 0.717) is 17.2 Å². The minimum absolute atomic E-state index is 0.00568. The molecule has 2 aliphatic carbocycles. The number of hydrogen-bond donors (Lipinski definition) is 0. The molecule has 138 valence electrons. The van der Waals surface area contributed by atoms with Crippen LogP contribution in [0.25, 0.3) is 10.8 Å². The van der Waals surface area contributed by atoms with Gasteiger partial charge in [-0.2, -0.15) is 0 Å². The van der Waals surface area contributed by atoms with E-state index in [2.05, 4.69) is 42.5 Å². The molecule has 0 saturated heterocycles. The van der Waals surface area contributed by atoms with E-state index >= 15 is 0 Å². The molecule has 3 atom stereocenters. The maximum Gasteiger partial charge on any atom is 0.193 e. The summed E-state index contributed by atoms with van der Waals surface area (Å²) in [5.74, 6) is 0.453. The van der Waals surface area contributed by atoms with Crippen LogP contribution in [0.4, 0.5) is 0 Å². The molecule has 0 bridgehead atoms. The molecular formula is C23H22O2S2. The Morgan fingerprint density at radius 1 is 0.889 bits per heavy atom. The summed E-state index contributed by atoms with van der Waals surface area (Å²) in [6, 6.07) is 23.9. The summed E-state index contributed by atoms with van der Waals surface area (Å²) in [4.78, 5) is 0.453. The van der Waals surface area contributed by atoms with Crippen molar-refractivity contribution >= 4 is 32.4 Å². The molecule has 27 heavy (non-hydrogen) atoms. The van der Waals surface area contributed by atoms with Crippen LogP contribution in [-0.2, 0) is 15.3 Å². The Balaban J connectivity index is 1.61. The fraction of sp³-hybridized carbons (Fsp3) is 0.304. The van der Waals surface area contributed by atoms with Gasteiger partial charge in [-0.05, 0) is 59.9 Å². The number of hydrogen-bond acceptors (Lipinski definition) is 3. The second kappa shape index (κ2) is 5.86. The second-order valence-corrected chi connectivity index (χ2v) is 11.6. The highest BCUT2D eigenvalue weighted by molar-refractivity contribution is 8.14. The summed E-state index contributed by atoms with van der Waals surface area (Å²) in [6.45, 7) is 0. The molecule has 3 aromatic rings. The van der Waals surface area contributed by atoms with Crippen molar-refractivity contribution in [3.05, 3.63) is 78.4 Å². The van der Waals surface area contributed by atoms with E-state index in [9.17, 15) is 8.42 Å². The Hall–Kier alpha value is -1.78. The summed E-state index contributed by atoms with van der Waals surface area (Å²) in [5.41, 5.74) is 1.34. The molecule has 0 spiro atoms. The lowest BCUT2D eigenvalue weighted by Crippen LogP contribution is -2.35. The van der Waals surface area contributed by atoms with Gasteiger partial charge < -0.3 is 0 Å². The third-order valence-electron chi connectivity index (χ3n) is 6.62. The molecule has 2 saturated carbocycles. The fourth-order valence-electron chi connectivity index (χ4n) is 5.16. The van der Waals surface area contributed by atoms with Gasteiger partial charge in [-0.15, -0.1) is 11.8 Å². The number of sulfone groups is 1. The Bertz CT molecular complexity index is 1120. The molecular weight excluding hydrogens is 372 g/mol. The van der Waals surface area contributed by atoms with Gasteiger partial charge in [-0.25, -0.2) is 8.42 Å². The van der Waals surface area contributed by atoms with Crippen LogP contribution in [0, 0.1) is 5.92 Å². The summed E-state index contributed by atoms with van der Waals surface area (Å²) in [5, 5.41) is 2.51. The van der Waals surface area contributed by atoms with Crippen LogP contribution < -0.4 is 0 Å². The van der Waals surface area contributed by atoms with E-state index in [-0.39, 0.29) is 5.41 Å². The van der Waals surface area contributed by atoms with Gasteiger partial charge in [0.2, 0.25) is 0 Å². The number of rotatable bonds is 4. The van der Waals surface area contributed by atoms with Crippen molar-refractivity contribution < 1.29 is 8.42 Å². The lowest BCUT2D eigenvalue weighted by atomic mass is 9.89. The zero-order valence-electron chi connectivity index (χ0n) is 15.3. The highest BCUT2D eigenvalue weighted by atomic mass is 32.3. The van der Waals surface area contributed by atoms with E-state index in [1.807, 2.05) is 24.5 Å². The average Bonchev–Trinajstić information content (AvgIpc) is 3.29. The first-order chi connectivity index (χ1) is 13.0. The zero-order chi connectivity index (χ0) is 18.7. The number of benzene rings is 3. The predicted octanol–water partition coefficient (Wildman–Crippen LogP) is 5.42. The molecule has 4 heteroatoms. The molecule has 3 aromatic carbocycles. The molecule has 2 fully saturated rings. The smallest absolute Gasteiger partial charge is 0.193 e. The van der Waals surface area contributed by atoms with Crippen molar-refractivity contribution in [2.45, 2.75) is 33.7 Å². The van der Waals surface area contributed by atoms with Crippen molar-refractivity contribution in [3.8, 4) is 0 Å². The monoisotopic (exact) mass is 394 g/mol. The molecule has 0 amide bonds. The van der Waals surface area contributed by atoms with Gasteiger partial charge in [0.05, 0.1) is 4.90 Å². The van der Waals surface area contributed by atoms with E-state index in [0.717, 1.165) is 12.8 Å². The van der Waals surface area contributed by atoms with Crippen molar-refractivity contribution in [1.82, 2.24) is 0 Å². The quantitative estimate of drug-likeness (QED) is 0.592. The first-order valence-corrected chi connectivity index (χ1v) is 12.1. The van der Waals surface area contributed by atoms with Crippen LogP contribution in [0.3, 0.4) is 0 Å². The second-order valence-electron chi connectivity index (χ2n) is 7.90. The molecule has 2 aliphatic rings. The third kappa shape index (κ3) is 2.36. The Morgan fingerprint density at radius 2 is 1.59 bits per heavy atom. The highest BCUT2D eigenvalue weighted by Gasteiger charge is 2.69. The third-order valence-corrected chi connectivity index (χ3v) is 11.0.